The first kappa shape index (κ1) is 7.73. The van der Waals surface area contributed by atoms with Crippen LogP contribution in [0.1, 0.15) is 5.56 Å². The minimum atomic E-state index is -0.344. The molecular formula is C10H7NO2. The SMILES string of the molecule is O=C1C=C(c2ccccc2)C(=O)N1. The average Bonchev–Trinajstić information content (AvgIpc) is 2.47. The molecule has 1 N–H and O–H groups in total. The molecule has 0 saturated heterocycles. The zero-order valence-electron chi connectivity index (χ0n) is 6.78. The number of rotatable bonds is 1. The third-order valence-electron chi connectivity index (χ3n) is 1.84. The van der Waals surface area contributed by atoms with E-state index in [1.165, 1.54) is 6.08 Å². The van der Waals surface area contributed by atoms with Gasteiger partial charge in [-0.1, -0.05) is 30.3 Å². The molecule has 0 atom stereocenters. The van der Waals surface area contributed by atoms with Gasteiger partial charge >= 0.3 is 0 Å². The lowest BCUT2D eigenvalue weighted by Crippen LogP contribution is -2.21. The zero-order valence-corrected chi connectivity index (χ0v) is 6.78. The van der Waals surface area contributed by atoms with E-state index in [0.29, 0.717) is 5.57 Å². The van der Waals surface area contributed by atoms with Gasteiger partial charge in [0.1, 0.15) is 0 Å². The number of hydrogen-bond donors (Lipinski definition) is 1. The average molecular weight is 173 g/mol. The maximum atomic E-state index is 11.2. The van der Waals surface area contributed by atoms with E-state index in [2.05, 4.69) is 5.32 Å². The lowest BCUT2D eigenvalue weighted by Gasteiger charge is -1.97. The van der Waals surface area contributed by atoms with Gasteiger partial charge in [0.25, 0.3) is 11.8 Å². The smallest absolute Gasteiger partial charge is 0.258 e. The molecular weight excluding hydrogens is 166 g/mol. The van der Waals surface area contributed by atoms with Crippen molar-refractivity contribution in [3.8, 4) is 0 Å². The van der Waals surface area contributed by atoms with Crippen LogP contribution in [0.2, 0.25) is 0 Å². The Kier molecular flexibility index (Phi) is 1.70. The summed E-state index contributed by atoms with van der Waals surface area (Å²) >= 11 is 0. The van der Waals surface area contributed by atoms with Crippen molar-refractivity contribution in [3.63, 3.8) is 0 Å². The summed E-state index contributed by atoms with van der Waals surface area (Å²) in [5, 5.41) is 2.19. The van der Waals surface area contributed by atoms with Gasteiger partial charge in [-0.05, 0) is 5.56 Å². The Morgan fingerprint density at radius 2 is 1.69 bits per heavy atom. The number of carbonyl (C=O) groups excluding carboxylic acids is 2. The molecule has 3 nitrogen and oxygen atoms in total. The second-order valence-electron chi connectivity index (χ2n) is 2.74. The van der Waals surface area contributed by atoms with E-state index in [4.69, 9.17) is 0 Å². The number of amides is 2. The summed E-state index contributed by atoms with van der Waals surface area (Å²) in [7, 11) is 0. The van der Waals surface area contributed by atoms with Crippen LogP contribution in [0.25, 0.3) is 5.57 Å². The third kappa shape index (κ3) is 1.36. The van der Waals surface area contributed by atoms with E-state index in [1.807, 2.05) is 18.2 Å². The molecule has 2 rings (SSSR count). The van der Waals surface area contributed by atoms with Crippen molar-refractivity contribution in [3.05, 3.63) is 42.0 Å². The van der Waals surface area contributed by atoms with Crippen molar-refractivity contribution < 1.29 is 9.59 Å². The van der Waals surface area contributed by atoms with E-state index < -0.39 is 0 Å². The minimum absolute atomic E-state index is 0.323. The quantitative estimate of drug-likeness (QED) is 0.636. The molecule has 0 bridgehead atoms. The number of hydrogen-bond acceptors (Lipinski definition) is 2. The van der Waals surface area contributed by atoms with Crippen LogP contribution >= 0.6 is 0 Å². The van der Waals surface area contributed by atoms with Gasteiger partial charge in [-0.3, -0.25) is 14.9 Å². The largest absolute Gasteiger partial charge is 0.289 e. The number of carbonyl (C=O) groups is 2. The molecule has 13 heavy (non-hydrogen) atoms. The Morgan fingerprint density at radius 1 is 1.00 bits per heavy atom. The Bertz CT molecular complexity index is 393. The summed E-state index contributed by atoms with van der Waals surface area (Å²) in [5.74, 6) is -0.667. The molecule has 1 heterocycles. The molecule has 64 valence electrons. The van der Waals surface area contributed by atoms with Crippen molar-refractivity contribution in [1.29, 1.82) is 0 Å². The summed E-state index contributed by atoms with van der Waals surface area (Å²) in [6.07, 6.45) is 1.32. The highest BCUT2D eigenvalue weighted by Crippen LogP contribution is 2.16. The Balaban J connectivity index is 2.43. The number of imide groups is 1. The summed E-state index contributed by atoms with van der Waals surface area (Å²) in [4.78, 5) is 22.0. The summed E-state index contributed by atoms with van der Waals surface area (Å²) < 4.78 is 0. The topological polar surface area (TPSA) is 46.2 Å². The Labute approximate surface area is 75.1 Å². The van der Waals surface area contributed by atoms with Crippen LogP contribution in [0, 0.1) is 0 Å². The lowest BCUT2D eigenvalue weighted by molar-refractivity contribution is -0.123. The van der Waals surface area contributed by atoms with Gasteiger partial charge in [-0.15, -0.1) is 0 Å². The number of nitrogens with one attached hydrogen (secondary N) is 1. The highest BCUT2D eigenvalue weighted by Gasteiger charge is 2.21. The molecule has 1 aliphatic heterocycles. The van der Waals surface area contributed by atoms with Gasteiger partial charge in [0, 0.05) is 6.08 Å². The van der Waals surface area contributed by atoms with Crippen LogP contribution in [0.4, 0.5) is 0 Å². The van der Waals surface area contributed by atoms with Gasteiger partial charge < -0.3 is 0 Å². The van der Waals surface area contributed by atoms with Crippen molar-refractivity contribution in [2.45, 2.75) is 0 Å². The second kappa shape index (κ2) is 2.86. The fourth-order valence-corrected chi connectivity index (χ4v) is 1.24. The second-order valence-corrected chi connectivity index (χ2v) is 2.74. The fourth-order valence-electron chi connectivity index (χ4n) is 1.24. The molecule has 0 aromatic heterocycles. The van der Waals surface area contributed by atoms with E-state index in [9.17, 15) is 9.59 Å². The van der Waals surface area contributed by atoms with Gasteiger partial charge in [0.15, 0.2) is 0 Å². The predicted octanol–water partition coefficient (Wildman–Crippen LogP) is 0.726. The highest BCUT2D eigenvalue weighted by atomic mass is 16.2. The fraction of sp³-hybridized carbons (Fsp3) is 0. The van der Waals surface area contributed by atoms with Crippen molar-refractivity contribution in [2.24, 2.45) is 0 Å². The molecule has 0 saturated carbocycles. The van der Waals surface area contributed by atoms with Gasteiger partial charge in [-0.2, -0.15) is 0 Å². The summed E-state index contributed by atoms with van der Waals surface area (Å²) in [5.41, 5.74) is 1.21. The summed E-state index contributed by atoms with van der Waals surface area (Å²) in [6, 6.07) is 9.10. The maximum Gasteiger partial charge on any atom is 0.258 e. The Morgan fingerprint density at radius 3 is 2.23 bits per heavy atom. The maximum absolute atomic E-state index is 11.2. The van der Waals surface area contributed by atoms with Crippen molar-refractivity contribution in [2.75, 3.05) is 0 Å². The Hall–Kier alpha value is -1.90. The first-order valence-corrected chi connectivity index (χ1v) is 3.90. The standard InChI is InChI=1S/C10H7NO2/c12-9-6-8(10(13)11-9)7-4-2-1-3-5-7/h1-6H,(H,11,12,13). The van der Waals surface area contributed by atoms with Gasteiger partial charge in [-0.25, -0.2) is 0 Å². The summed E-state index contributed by atoms with van der Waals surface area (Å²) in [6.45, 7) is 0. The van der Waals surface area contributed by atoms with Crippen LogP contribution in [-0.4, -0.2) is 11.8 Å². The molecule has 1 aromatic carbocycles. The van der Waals surface area contributed by atoms with E-state index >= 15 is 0 Å². The molecule has 2 amide bonds. The van der Waals surface area contributed by atoms with Crippen LogP contribution < -0.4 is 5.32 Å². The molecule has 3 heteroatoms. The van der Waals surface area contributed by atoms with Crippen LogP contribution in [0.5, 0.6) is 0 Å². The lowest BCUT2D eigenvalue weighted by atomic mass is 10.1. The first-order chi connectivity index (χ1) is 6.27. The number of benzene rings is 1. The van der Waals surface area contributed by atoms with Crippen molar-refractivity contribution in [1.82, 2.24) is 5.32 Å². The first-order valence-electron chi connectivity index (χ1n) is 3.90. The van der Waals surface area contributed by atoms with E-state index in [-0.39, 0.29) is 11.8 Å². The molecule has 0 spiro atoms. The molecule has 0 radical (unpaired) electrons. The van der Waals surface area contributed by atoms with Crippen LogP contribution in [0.15, 0.2) is 36.4 Å². The molecule has 0 aliphatic carbocycles. The van der Waals surface area contributed by atoms with Crippen LogP contribution in [0.3, 0.4) is 0 Å². The van der Waals surface area contributed by atoms with Crippen molar-refractivity contribution >= 4 is 17.4 Å². The van der Waals surface area contributed by atoms with E-state index in [1.54, 1.807) is 12.1 Å². The molecule has 0 fully saturated rings. The normalized spacial score (nSPS) is 15.5. The van der Waals surface area contributed by atoms with Gasteiger partial charge in [0.05, 0.1) is 5.57 Å². The predicted molar refractivity (Wildman–Crippen MR) is 47.6 cm³/mol. The molecule has 0 unspecified atom stereocenters. The highest BCUT2D eigenvalue weighted by molar-refractivity contribution is 6.33. The van der Waals surface area contributed by atoms with Gasteiger partial charge in [0.2, 0.25) is 0 Å². The third-order valence-corrected chi connectivity index (χ3v) is 1.84. The van der Waals surface area contributed by atoms with Crippen LogP contribution in [-0.2, 0) is 9.59 Å². The van der Waals surface area contributed by atoms with E-state index in [0.717, 1.165) is 5.56 Å². The minimum Gasteiger partial charge on any atom is -0.289 e. The molecule has 1 aliphatic rings. The monoisotopic (exact) mass is 173 g/mol. The zero-order chi connectivity index (χ0) is 9.26. The molecule has 1 aromatic rings.